The molecule has 4 aromatic rings. The van der Waals surface area contributed by atoms with E-state index in [4.69, 9.17) is 4.74 Å². The minimum Gasteiger partial charge on any atom is -0.457 e. The Morgan fingerprint density at radius 3 is 2.43 bits per heavy atom. The minimum atomic E-state index is -0.559. The molecule has 0 bridgehead atoms. The highest BCUT2D eigenvalue weighted by atomic mass is 19.1. The van der Waals surface area contributed by atoms with Gasteiger partial charge in [0.05, 0.1) is 0 Å². The predicted octanol–water partition coefficient (Wildman–Crippen LogP) is 2.82. The summed E-state index contributed by atoms with van der Waals surface area (Å²) in [6.07, 6.45) is 4.39. The van der Waals surface area contributed by atoms with Crippen LogP contribution in [0.2, 0.25) is 0 Å². The lowest BCUT2D eigenvalue weighted by Gasteiger charge is -2.08. The van der Waals surface area contributed by atoms with Crippen molar-refractivity contribution in [3.63, 3.8) is 0 Å². The fourth-order valence-corrected chi connectivity index (χ4v) is 2.65. The number of ether oxygens (including phenoxy) is 1. The maximum absolute atomic E-state index is 12.9. The lowest BCUT2D eigenvalue weighted by atomic mass is 10.2. The van der Waals surface area contributed by atoms with E-state index < -0.39 is 11.5 Å². The fraction of sp³-hybridized carbons (Fsp3) is 0.0476. The third-order valence-corrected chi connectivity index (χ3v) is 4.18. The summed E-state index contributed by atoms with van der Waals surface area (Å²) in [5.41, 5.74) is 0.158. The first kappa shape index (κ1) is 19.1. The Kier molecular flexibility index (Phi) is 5.33. The minimum absolute atomic E-state index is 0.0952. The summed E-state index contributed by atoms with van der Waals surface area (Å²) in [5, 5.41) is 6.65. The van der Waals surface area contributed by atoms with Gasteiger partial charge in [-0.05, 0) is 48.0 Å². The number of carbonyl (C=O) groups excluding carboxylic acids is 1. The standard InChI is InChI=1S/C21H16FN5O3/c22-15-4-8-17(9-5-15)30-16-6-2-14(3-7-16)12-23-19(28)18-13-24-21(26-20(18)29)27-11-1-10-25-27/h1-11,13H,12H2,(H,23,28)(H,24,26,29). The molecule has 4 rings (SSSR count). The van der Waals surface area contributed by atoms with Crippen LogP contribution in [-0.4, -0.2) is 25.7 Å². The van der Waals surface area contributed by atoms with E-state index in [0.29, 0.717) is 11.5 Å². The van der Waals surface area contributed by atoms with Gasteiger partial charge in [0.2, 0.25) is 5.95 Å². The van der Waals surface area contributed by atoms with Gasteiger partial charge in [-0.3, -0.25) is 14.6 Å². The average Bonchev–Trinajstić information content (AvgIpc) is 3.29. The molecule has 2 aromatic heterocycles. The highest BCUT2D eigenvalue weighted by molar-refractivity contribution is 5.93. The van der Waals surface area contributed by atoms with E-state index in [1.807, 2.05) is 0 Å². The molecule has 2 N–H and O–H groups in total. The Labute approximate surface area is 170 Å². The third kappa shape index (κ3) is 4.41. The molecule has 0 radical (unpaired) electrons. The molecule has 0 unspecified atom stereocenters. The first-order valence-corrected chi connectivity index (χ1v) is 8.98. The normalized spacial score (nSPS) is 10.6. The van der Waals surface area contributed by atoms with Crippen LogP contribution in [0.15, 0.2) is 78.0 Å². The first-order chi connectivity index (χ1) is 14.6. The van der Waals surface area contributed by atoms with Gasteiger partial charge in [0.15, 0.2) is 0 Å². The van der Waals surface area contributed by atoms with Gasteiger partial charge in [0.25, 0.3) is 11.5 Å². The Balaban J connectivity index is 1.36. The van der Waals surface area contributed by atoms with Crippen LogP contribution in [0, 0.1) is 5.82 Å². The number of nitrogens with one attached hydrogen (secondary N) is 2. The molecule has 2 aromatic carbocycles. The molecule has 0 spiro atoms. The molecular formula is C21H16FN5O3. The van der Waals surface area contributed by atoms with E-state index in [9.17, 15) is 14.0 Å². The fourth-order valence-electron chi connectivity index (χ4n) is 2.65. The zero-order valence-corrected chi connectivity index (χ0v) is 15.6. The van der Waals surface area contributed by atoms with Crippen LogP contribution in [0.3, 0.4) is 0 Å². The molecule has 2 heterocycles. The molecule has 0 atom stereocenters. The van der Waals surface area contributed by atoms with Gasteiger partial charge in [-0.25, -0.2) is 14.1 Å². The second kappa shape index (κ2) is 8.39. The van der Waals surface area contributed by atoms with Gasteiger partial charge >= 0.3 is 0 Å². The summed E-state index contributed by atoms with van der Waals surface area (Å²) in [7, 11) is 0. The Hall–Kier alpha value is -4.27. The van der Waals surface area contributed by atoms with Gasteiger partial charge < -0.3 is 10.1 Å². The van der Waals surface area contributed by atoms with Gasteiger partial charge in [-0.1, -0.05) is 12.1 Å². The van der Waals surface area contributed by atoms with Crippen molar-refractivity contribution in [1.29, 1.82) is 0 Å². The summed E-state index contributed by atoms with van der Waals surface area (Å²) >= 11 is 0. The SMILES string of the molecule is O=C(NCc1ccc(Oc2ccc(F)cc2)cc1)c1cnc(-n2cccn2)[nH]c1=O. The maximum atomic E-state index is 12.9. The Bertz CT molecular complexity index is 1200. The molecule has 0 fully saturated rings. The predicted molar refractivity (Wildman–Crippen MR) is 106 cm³/mol. The Morgan fingerprint density at radius 2 is 1.80 bits per heavy atom. The number of hydrogen-bond acceptors (Lipinski definition) is 5. The highest BCUT2D eigenvalue weighted by Gasteiger charge is 2.12. The number of benzene rings is 2. The monoisotopic (exact) mass is 405 g/mol. The van der Waals surface area contributed by atoms with Crippen molar-refractivity contribution < 1.29 is 13.9 Å². The van der Waals surface area contributed by atoms with Crippen LogP contribution >= 0.6 is 0 Å². The molecule has 0 saturated carbocycles. The summed E-state index contributed by atoms with van der Waals surface area (Å²) < 4.78 is 20.0. The van der Waals surface area contributed by atoms with Crippen LogP contribution in [0.5, 0.6) is 11.5 Å². The summed E-state index contributed by atoms with van der Waals surface area (Å²) in [6.45, 7) is 0.218. The number of nitrogens with zero attached hydrogens (tertiary/aromatic N) is 3. The van der Waals surface area contributed by atoms with Crippen molar-refractivity contribution in [3.8, 4) is 17.4 Å². The van der Waals surface area contributed by atoms with Crippen LogP contribution in [-0.2, 0) is 6.54 Å². The number of amides is 1. The zero-order chi connectivity index (χ0) is 20.9. The average molecular weight is 405 g/mol. The molecule has 9 heteroatoms. The largest absolute Gasteiger partial charge is 0.457 e. The number of H-pyrrole nitrogens is 1. The second-order valence-corrected chi connectivity index (χ2v) is 6.28. The number of rotatable bonds is 6. The van der Waals surface area contributed by atoms with Crippen LogP contribution in [0.1, 0.15) is 15.9 Å². The number of carbonyl (C=O) groups is 1. The van der Waals surface area contributed by atoms with Crippen LogP contribution in [0.4, 0.5) is 4.39 Å². The van der Waals surface area contributed by atoms with Crippen molar-refractivity contribution in [3.05, 3.63) is 100 Å². The summed E-state index contributed by atoms with van der Waals surface area (Å²) in [6, 6.07) is 14.4. The summed E-state index contributed by atoms with van der Waals surface area (Å²) in [4.78, 5) is 31.1. The van der Waals surface area contributed by atoms with Gasteiger partial charge in [-0.2, -0.15) is 5.10 Å². The maximum Gasteiger partial charge on any atom is 0.265 e. The topological polar surface area (TPSA) is 102 Å². The van der Waals surface area contributed by atoms with E-state index in [2.05, 4.69) is 20.4 Å². The molecule has 0 aliphatic heterocycles. The van der Waals surface area contributed by atoms with Crippen LogP contribution in [0.25, 0.3) is 5.95 Å². The van der Waals surface area contributed by atoms with Gasteiger partial charge in [0.1, 0.15) is 22.9 Å². The van der Waals surface area contributed by atoms with E-state index in [1.54, 1.807) is 42.7 Å². The number of hydrogen-bond donors (Lipinski definition) is 2. The molecule has 30 heavy (non-hydrogen) atoms. The molecule has 0 aliphatic carbocycles. The number of halogens is 1. The van der Waals surface area contributed by atoms with E-state index in [0.717, 1.165) is 5.56 Å². The van der Waals surface area contributed by atoms with E-state index in [-0.39, 0.29) is 23.9 Å². The molecule has 0 saturated heterocycles. The first-order valence-electron chi connectivity index (χ1n) is 8.98. The molecule has 1 amide bonds. The lowest BCUT2D eigenvalue weighted by Crippen LogP contribution is -2.30. The third-order valence-electron chi connectivity index (χ3n) is 4.18. The molecular weight excluding hydrogens is 389 g/mol. The summed E-state index contributed by atoms with van der Waals surface area (Å²) in [5.74, 6) is 0.438. The smallest absolute Gasteiger partial charge is 0.265 e. The Morgan fingerprint density at radius 1 is 1.10 bits per heavy atom. The van der Waals surface area contributed by atoms with Gasteiger partial charge in [-0.15, -0.1) is 0 Å². The molecule has 150 valence electrons. The zero-order valence-electron chi connectivity index (χ0n) is 15.6. The lowest BCUT2D eigenvalue weighted by molar-refractivity contribution is 0.0949. The van der Waals surface area contributed by atoms with Crippen molar-refractivity contribution in [2.75, 3.05) is 0 Å². The van der Waals surface area contributed by atoms with E-state index >= 15 is 0 Å². The van der Waals surface area contributed by atoms with E-state index in [1.165, 1.54) is 35.1 Å². The second-order valence-electron chi connectivity index (χ2n) is 6.28. The quantitative estimate of drug-likeness (QED) is 0.514. The number of aromatic amines is 1. The van der Waals surface area contributed by atoms with Gasteiger partial charge in [0, 0.05) is 25.1 Å². The van der Waals surface area contributed by atoms with Crippen LogP contribution < -0.4 is 15.6 Å². The van der Waals surface area contributed by atoms with Crippen molar-refractivity contribution in [1.82, 2.24) is 25.1 Å². The van der Waals surface area contributed by atoms with Crippen molar-refractivity contribution in [2.24, 2.45) is 0 Å². The van der Waals surface area contributed by atoms with Crippen molar-refractivity contribution in [2.45, 2.75) is 6.54 Å². The molecule has 0 aliphatic rings. The number of aromatic nitrogens is 4. The molecule has 8 nitrogen and oxygen atoms in total. The highest BCUT2D eigenvalue weighted by Crippen LogP contribution is 2.21. The van der Waals surface area contributed by atoms with Crippen molar-refractivity contribution >= 4 is 5.91 Å².